The van der Waals surface area contributed by atoms with E-state index in [-0.39, 0.29) is 18.2 Å². The van der Waals surface area contributed by atoms with Gasteiger partial charge in [0.05, 0.1) is 13.5 Å². The summed E-state index contributed by atoms with van der Waals surface area (Å²) in [5.41, 5.74) is 2.91. The molecule has 2 fully saturated rings. The number of fused-ring (bicyclic) bond motifs is 1. The predicted molar refractivity (Wildman–Crippen MR) is 125 cm³/mol. The van der Waals surface area contributed by atoms with Gasteiger partial charge in [-0.3, -0.25) is 24.6 Å². The highest BCUT2D eigenvalue weighted by Crippen LogP contribution is 2.41. The van der Waals surface area contributed by atoms with Crippen LogP contribution in [0.5, 0.6) is 0 Å². The molecule has 1 aromatic rings. The summed E-state index contributed by atoms with van der Waals surface area (Å²) in [5.74, 6) is -0.493. The number of amides is 3. The monoisotopic (exact) mass is 417 g/mol. The average Bonchev–Trinajstić information content (AvgIpc) is 3.02. The maximum absolute atomic E-state index is 13.0. The quantitative estimate of drug-likeness (QED) is 0.451. The molecule has 3 aliphatic heterocycles. The number of imide groups is 1. The molecule has 0 aliphatic carbocycles. The van der Waals surface area contributed by atoms with Crippen LogP contribution in [-0.4, -0.2) is 44.7 Å². The zero-order valence-electron chi connectivity index (χ0n) is 17.9. The largest absolute Gasteiger partial charge is 0.317 e. The Morgan fingerprint density at radius 3 is 2.48 bits per heavy atom. The van der Waals surface area contributed by atoms with E-state index in [1.807, 2.05) is 37.3 Å². The van der Waals surface area contributed by atoms with E-state index >= 15 is 0 Å². The molecule has 0 aromatic heterocycles. The summed E-state index contributed by atoms with van der Waals surface area (Å²) in [6, 6.07) is 4.94. The Bertz CT molecular complexity index is 932. The lowest BCUT2D eigenvalue weighted by atomic mass is 9.80. The Hall–Kier alpha value is -2.93. The van der Waals surface area contributed by atoms with Crippen LogP contribution in [0.3, 0.4) is 0 Å². The number of allylic oxidation sites excluding steroid dienone is 3. The van der Waals surface area contributed by atoms with Crippen LogP contribution in [0.1, 0.15) is 43.7 Å². The number of rotatable bonds is 3. The number of nitrogens with zero attached hydrogens (tertiary/aromatic N) is 1. The first kappa shape index (κ1) is 22.8. The topological polar surface area (TPSA) is 78.5 Å². The van der Waals surface area contributed by atoms with Gasteiger partial charge in [-0.25, -0.2) is 0 Å². The van der Waals surface area contributed by atoms with Gasteiger partial charge in [-0.05, 0) is 57.0 Å². The van der Waals surface area contributed by atoms with Crippen molar-refractivity contribution in [2.75, 3.05) is 18.0 Å². The fraction of sp³-hybridized carbons (Fsp3) is 0.375. The first-order chi connectivity index (χ1) is 15.0. The summed E-state index contributed by atoms with van der Waals surface area (Å²) in [4.78, 5) is 38.1. The van der Waals surface area contributed by atoms with Crippen molar-refractivity contribution in [2.24, 2.45) is 0 Å². The van der Waals surface area contributed by atoms with Gasteiger partial charge in [0.1, 0.15) is 6.04 Å². The molecule has 2 N–H and O–H groups in total. The summed E-state index contributed by atoms with van der Waals surface area (Å²) in [5, 5.41) is 5.55. The third kappa shape index (κ3) is 5.05. The van der Waals surface area contributed by atoms with Crippen LogP contribution in [0.15, 0.2) is 43.0 Å². The van der Waals surface area contributed by atoms with Gasteiger partial charge in [0.2, 0.25) is 11.8 Å². The third-order valence-corrected chi connectivity index (χ3v) is 5.59. The van der Waals surface area contributed by atoms with Crippen molar-refractivity contribution in [3.05, 3.63) is 54.1 Å². The SMILES string of the molecule is C=C/C=C1/C(=O)N(C2CCC(=O)NC2=O)c2cccc(/C=C\C)c21.[B]C1CCNCC1. The molecule has 3 aliphatic rings. The molecule has 6 nitrogen and oxygen atoms in total. The first-order valence-corrected chi connectivity index (χ1v) is 10.7. The van der Waals surface area contributed by atoms with Crippen LogP contribution in [0.2, 0.25) is 5.82 Å². The minimum Gasteiger partial charge on any atom is -0.317 e. The number of benzene rings is 1. The molecule has 3 heterocycles. The number of carbonyl (C=O) groups is 3. The van der Waals surface area contributed by atoms with Gasteiger partial charge in [0.25, 0.3) is 5.91 Å². The molecule has 0 bridgehead atoms. The Kier molecular flexibility index (Phi) is 7.63. The van der Waals surface area contributed by atoms with Gasteiger partial charge in [-0.2, -0.15) is 0 Å². The molecule has 160 valence electrons. The zero-order chi connectivity index (χ0) is 22.4. The van der Waals surface area contributed by atoms with E-state index in [0.717, 1.165) is 37.1 Å². The number of hydrogen-bond donors (Lipinski definition) is 2. The maximum atomic E-state index is 13.0. The molecule has 31 heavy (non-hydrogen) atoms. The molecular formula is C24H28BN3O3. The van der Waals surface area contributed by atoms with Crippen LogP contribution < -0.4 is 15.5 Å². The lowest BCUT2D eigenvalue weighted by Crippen LogP contribution is -2.53. The Labute approximate surface area is 184 Å². The molecule has 1 unspecified atom stereocenters. The van der Waals surface area contributed by atoms with E-state index in [1.54, 1.807) is 12.2 Å². The van der Waals surface area contributed by atoms with Crippen LogP contribution in [0.25, 0.3) is 11.6 Å². The molecule has 2 radical (unpaired) electrons. The van der Waals surface area contributed by atoms with Gasteiger partial charge in [-0.1, -0.05) is 42.8 Å². The van der Waals surface area contributed by atoms with Crippen molar-refractivity contribution < 1.29 is 14.4 Å². The number of anilines is 1. The van der Waals surface area contributed by atoms with Crippen LogP contribution in [0.4, 0.5) is 5.69 Å². The van der Waals surface area contributed by atoms with Gasteiger partial charge in [0, 0.05) is 17.6 Å². The molecule has 0 spiro atoms. The third-order valence-electron chi connectivity index (χ3n) is 5.59. The summed E-state index contributed by atoms with van der Waals surface area (Å²) in [7, 11) is 5.59. The molecule has 7 heteroatoms. The molecule has 0 saturated carbocycles. The number of carbonyl (C=O) groups excluding carboxylic acids is 3. The highest BCUT2D eigenvalue weighted by Gasteiger charge is 2.42. The Morgan fingerprint density at radius 2 is 1.90 bits per heavy atom. The molecule has 4 rings (SSSR count). The lowest BCUT2D eigenvalue weighted by Gasteiger charge is -2.29. The predicted octanol–water partition coefficient (Wildman–Crippen LogP) is 2.77. The molecule has 1 atom stereocenters. The van der Waals surface area contributed by atoms with Crippen molar-refractivity contribution in [1.82, 2.24) is 10.6 Å². The van der Waals surface area contributed by atoms with Crippen molar-refractivity contribution in [3.8, 4) is 0 Å². The van der Waals surface area contributed by atoms with Gasteiger partial charge >= 0.3 is 0 Å². The Balaban J connectivity index is 0.000000330. The second kappa shape index (κ2) is 10.4. The van der Waals surface area contributed by atoms with Crippen molar-refractivity contribution in [1.29, 1.82) is 0 Å². The summed E-state index contributed by atoms with van der Waals surface area (Å²) in [6.07, 6.45) is 9.92. The second-order valence-corrected chi connectivity index (χ2v) is 7.79. The fourth-order valence-electron chi connectivity index (χ4n) is 4.07. The maximum Gasteiger partial charge on any atom is 0.259 e. The Morgan fingerprint density at radius 1 is 1.16 bits per heavy atom. The van der Waals surface area contributed by atoms with Crippen LogP contribution >= 0.6 is 0 Å². The van der Waals surface area contributed by atoms with Crippen molar-refractivity contribution >= 4 is 42.9 Å². The van der Waals surface area contributed by atoms with Crippen molar-refractivity contribution in [2.45, 2.75) is 44.5 Å². The molecular weight excluding hydrogens is 389 g/mol. The number of hydrogen-bond acceptors (Lipinski definition) is 4. The van der Waals surface area contributed by atoms with Crippen molar-refractivity contribution in [3.63, 3.8) is 0 Å². The van der Waals surface area contributed by atoms with E-state index in [4.69, 9.17) is 7.85 Å². The number of nitrogens with one attached hydrogen (secondary N) is 2. The summed E-state index contributed by atoms with van der Waals surface area (Å²) >= 11 is 0. The summed E-state index contributed by atoms with van der Waals surface area (Å²) in [6.45, 7) is 7.81. The van der Waals surface area contributed by atoms with E-state index < -0.39 is 11.9 Å². The zero-order valence-corrected chi connectivity index (χ0v) is 17.9. The molecule has 3 amide bonds. The van der Waals surface area contributed by atoms with Gasteiger partial charge < -0.3 is 5.32 Å². The van der Waals surface area contributed by atoms with E-state index in [9.17, 15) is 14.4 Å². The van der Waals surface area contributed by atoms with Crippen LogP contribution in [-0.2, 0) is 14.4 Å². The fourth-order valence-corrected chi connectivity index (χ4v) is 4.07. The summed E-state index contributed by atoms with van der Waals surface area (Å²) < 4.78 is 0. The van der Waals surface area contributed by atoms with Crippen LogP contribution in [0, 0.1) is 0 Å². The van der Waals surface area contributed by atoms with E-state index in [1.165, 1.54) is 4.90 Å². The standard InChI is InChI=1S/C19H18N2O3.C5H10BN/c1-3-6-12-8-5-9-14-17(12)13(7-4-2)19(24)21(14)15-10-11-16(22)20-18(15)23;6-5-1-3-7-4-2-5/h3-9,15H,2,10-11H2,1H3,(H,20,22,23);5,7H,1-4H2/b6-3-,13-7+;. The smallest absolute Gasteiger partial charge is 0.259 e. The highest BCUT2D eigenvalue weighted by molar-refractivity contribution is 6.35. The second-order valence-electron chi connectivity index (χ2n) is 7.79. The normalized spacial score (nSPS) is 22.9. The molecule has 2 saturated heterocycles. The highest BCUT2D eigenvalue weighted by atomic mass is 16.2. The van der Waals surface area contributed by atoms with E-state index in [0.29, 0.717) is 23.5 Å². The molecule has 1 aromatic carbocycles. The van der Waals surface area contributed by atoms with Gasteiger partial charge in [0.15, 0.2) is 0 Å². The number of piperidine rings is 2. The van der Waals surface area contributed by atoms with E-state index in [2.05, 4.69) is 17.2 Å². The average molecular weight is 417 g/mol. The lowest BCUT2D eigenvalue weighted by molar-refractivity contribution is -0.135. The van der Waals surface area contributed by atoms with Gasteiger partial charge in [-0.15, -0.1) is 0 Å². The first-order valence-electron chi connectivity index (χ1n) is 10.7. The minimum absolute atomic E-state index is 0.227. The minimum atomic E-state index is -0.675.